The fourth-order valence-corrected chi connectivity index (χ4v) is 0.780. The zero-order chi connectivity index (χ0) is 9.84. The van der Waals surface area contributed by atoms with Gasteiger partial charge in [-0.15, -0.1) is 0 Å². The Bertz CT molecular complexity index is 328. The molecule has 0 aliphatic carbocycles. The van der Waals surface area contributed by atoms with Crippen LogP contribution >= 0.6 is 0 Å². The number of nitro groups is 1. The van der Waals surface area contributed by atoms with Gasteiger partial charge in [0, 0.05) is 0 Å². The first-order valence-corrected chi connectivity index (χ1v) is 3.29. The predicted octanol–water partition coefficient (Wildman–Crippen LogP) is 1.67. The van der Waals surface area contributed by atoms with Crippen LogP contribution in [0, 0.1) is 15.9 Å². The number of hydrogen-bond acceptors (Lipinski definition) is 4. The van der Waals surface area contributed by atoms with E-state index < -0.39 is 16.4 Å². The standard InChI is InChI=1S/C7H6FNO4/c1-12-13-5-2-3-6(8)7(4-5)9(10)11/h2-4H,1H3. The molecule has 0 amide bonds. The Balaban J connectivity index is 3.04. The zero-order valence-corrected chi connectivity index (χ0v) is 6.69. The molecule has 0 heterocycles. The van der Waals surface area contributed by atoms with E-state index in [2.05, 4.69) is 9.78 Å². The molecule has 0 aliphatic rings. The van der Waals surface area contributed by atoms with Crippen LogP contribution in [0.2, 0.25) is 0 Å². The van der Waals surface area contributed by atoms with E-state index in [9.17, 15) is 14.5 Å². The highest BCUT2D eigenvalue weighted by atomic mass is 19.1. The summed E-state index contributed by atoms with van der Waals surface area (Å²) in [4.78, 5) is 18.1. The van der Waals surface area contributed by atoms with Crippen LogP contribution in [0.4, 0.5) is 10.1 Å². The van der Waals surface area contributed by atoms with Crippen LogP contribution in [0.5, 0.6) is 5.75 Å². The van der Waals surface area contributed by atoms with Gasteiger partial charge in [-0.25, -0.2) is 0 Å². The topological polar surface area (TPSA) is 61.6 Å². The molecule has 0 saturated carbocycles. The Morgan fingerprint density at radius 1 is 1.54 bits per heavy atom. The Morgan fingerprint density at radius 3 is 2.77 bits per heavy atom. The summed E-state index contributed by atoms with van der Waals surface area (Å²) in [6.07, 6.45) is 0. The molecule has 5 nitrogen and oxygen atoms in total. The van der Waals surface area contributed by atoms with Crippen LogP contribution in [0.15, 0.2) is 18.2 Å². The third-order valence-corrected chi connectivity index (χ3v) is 1.29. The summed E-state index contributed by atoms with van der Waals surface area (Å²) in [5.74, 6) is -0.830. The van der Waals surface area contributed by atoms with Gasteiger partial charge in [-0.05, 0) is 12.1 Å². The van der Waals surface area contributed by atoms with Gasteiger partial charge in [0.25, 0.3) is 0 Å². The Hall–Kier alpha value is -1.69. The van der Waals surface area contributed by atoms with Gasteiger partial charge in [0.1, 0.15) is 0 Å². The van der Waals surface area contributed by atoms with Crippen molar-refractivity contribution in [2.24, 2.45) is 0 Å². The predicted molar refractivity (Wildman–Crippen MR) is 40.7 cm³/mol. The quantitative estimate of drug-likeness (QED) is 0.410. The van der Waals surface area contributed by atoms with Crippen LogP contribution < -0.4 is 4.89 Å². The molecule has 0 fully saturated rings. The highest BCUT2D eigenvalue weighted by Crippen LogP contribution is 2.22. The maximum Gasteiger partial charge on any atom is 0.308 e. The smallest absolute Gasteiger partial charge is 0.308 e. The number of halogens is 1. The Kier molecular flexibility index (Phi) is 2.76. The monoisotopic (exact) mass is 187 g/mol. The second-order valence-electron chi connectivity index (χ2n) is 2.12. The molecule has 0 N–H and O–H groups in total. The van der Waals surface area contributed by atoms with Crippen molar-refractivity contribution in [3.8, 4) is 5.75 Å². The summed E-state index contributed by atoms with van der Waals surface area (Å²) in [6, 6.07) is 3.11. The largest absolute Gasteiger partial charge is 0.338 e. The molecule has 6 heteroatoms. The average Bonchev–Trinajstić information content (AvgIpc) is 2.08. The zero-order valence-electron chi connectivity index (χ0n) is 6.69. The van der Waals surface area contributed by atoms with Crippen molar-refractivity contribution in [3.63, 3.8) is 0 Å². The summed E-state index contributed by atoms with van der Waals surface area (Å²) in [5, 5.41) is 10.2. The van der Waals surface area contributed by atoms with Crippen molar-refractivity contribution in [2.45, 2.75) is 0 Å². The third-order valence-electron chi connectivity index (χ3n) is 1.29. The summed E-state index contributed by atoms with van der Waals surface area (Å²) in [7, 11) is 1.25. The molecule has 0 saturated heterocycles. The molecule has 0 spiro atoms. The van der Waals surface area contributed by atoms with Crippen molar-refractivity contribution in [3.05, 3.63) is 34.1 Å². The molecule has 1 aromatic rings. The van der Waals surface area contributed by atoms with Gasteiger partial charge in [-0.1, -0.05) is 0 Å². The molecule has 0 unspecified atom stereocenters. The van der Waals surface area contributed by atoms with Gasteiger partial charge >= 0.3 is 5.69 Å². The number of hydrogen-bond donors (Lipinski definition) is 0. The summed E-state index contributed by atoms with van der Waals surface area (Å²) in [5.41, 5.74) is -0.644. The van der Waals surface area contributed by atoms with Gasteiger partial charge in [0.05, 0.1) is 18.1 Å². The lowest BCUT2D eigenvalue weighted by molar-refractivity contribution is -0.387. The maximum absolute atomic E-state index is 12.7. The fraction of sp³-hybridized carbons (Fsp3) is 0.143. The molecular weight excluding hydrogens is 181 g/mol. The first kappa shape index (κ1) is 9.40. The average molecular weight is 187 g/mol. The molecule has 70 valence electrons. The van der Waals surface area contributed by atoms with E-state index >= 15 is 0 Å². The molecular formula is C7H6FNO4. The SMILES string of the molecule is COOc1ccc(F)c([N+](=O)[O-])c1. The molecule has 1 rings (SSSR count). The normalized spacial score (nSPS) is 9.69. The Morgan fingerprint density at radius 2 is 2.23 bits per heavy atom. The lowest BCUT2D eigenvalue weighted by Gasteiger charge is -2.00. The van der Waals surface area contributed by atoms with E-state index in [0.717, 1.165) is 12.1 Å². The molecule has 0 aromatic heterocycles. The van der Waals surface area contributed by atoms with E-state index in [4.69, 9.17) is 0 Å². The van der Waals surface area contributed by atoms with Gasteiger partial charge in [0.15, 0.2) is 5.75 Å². The van der Waals surface area contributed by atoms with E-state index in [1.165, 1.54) is 13.2 Å². The highest BCUT2D eigenvalue weighted by molar-refractivity contribution is 5.39. The number of benzene rings is 1. The van der Waals surface area contributed by atoms with Gasteiger partial charge in [-0.3, -0.25) is 10.1 Å². The van der Waals surface area contributed by atoms with Crippen molar-refractivity contribution in [1.29, 1.82) is 0 Å². The molecule has 0 atom stereocenters. The molecule has 13 heavy (non-hydrogen) atoms. The van der Waals surface area contributed by atoms with Crippen LogP contribution in [0.1, 0.15) is 0 Å². The van der Waals surface area contributed by atoms with Crippen molar-refractivity contribution < 1.29 is 19.1 Å². The third kappa shape index (κ3) is 2.12. The second kappa shape index (κ2) is 3.81. The number of rotatable bonds is 3. The maximum atomic E-state index is 12.7. The molecule has 0 radical (unpaired) electrons. The minimum Gasteiger partial charge on any atom is -0.338 e. The number of nitrogens with zero attached hydrogens (tertiary/aromatic N) is 1. The van der Waals surface area contributed by atoms with Gasteiger partial charge in [0.2, 0.25) is 5.82 Å². The molecule has 0 bridgehead atoms. The lowest BCUT2D eigenvalue weighted by Crippen LogP contribution is -1.95. The van der Waals surface area contributed by atoms with Gasteiger partial charge in [-0.2, -0.15) is 9.28 Å². The molecule has 1 aromatic carbocycles. The van der Waals surface area contributed by atoms with Crippen LogP contribution in [0.25, 0.3) is 0 Å². The Labute approximate surface area is 72.8 Å². The number of nitro benzene ring substituents is 1. The molecule has 0 aliphatic heterocycles. The van der Waals surface area contributed by atoms with Crippen LogP contribution in [-0.4, -0.2) is 12.0 Å². The minimum atomic E-state index is -0.909. The summed E-state index contributed by atoms with van der Waals surface area (Å²) >= 11 is 0. The van der Waals surface area contributed by atoms with Crippen molar-refractivity contribution >= 4 is 5.69 Å². The van der Waals surface area contributed by atoms with E-state index in [1.807, 2.05) is 0 Å². The van der Waals surface area contributed by atoms with Gasteiger partial charge < -0.3 is 4.89 Å². The van der Waals surface area contributed by atoms with Crippen LogP contribution in [0.3, 0.4) is 0 Å². The van der Waals surface area contributed by atoms with E-state index in [0.29, 0.717) is 0 Å². The minimum absolute atomic E-state index is 0.0793. The van der Waals surface area contributed by atoms with Crippen molar-refractivity contribution in [2.75, 3.05) is 7.11 Å². The van der Waals surface area contributed by atoms with Crippen LogP contribution in [-0.2, 0) is 4.89 Å². The summed E-state index contributed by atoms with van der Waals surface area (Å²) < 4.78 is 12.7. The van der Waals surface area contributed by atoms with E-state index in [1.54, 1.807) is 0 Å². The first-order valence-electron chi connectivity index (χ1n) is 3.29. The lowest BCUT2D eigenvalue weighted by atomic mass is 10.3. The van der Waals surface area contributed by atoms with Crippen molar-refractivity contribution in [1.82, 2.24) is 0 Å². The fourth-order valence-electron chi connectivity index (χ4n) is 0.780. The first-order chi connectivity index (χ1) is 6.15. The van der Waals surface area contributed by atoms with E-state index in [-0.39, 0.29) is 5.75 Å². The summed E-state index contributed by atoms with van der Waals surface area (Å²) in [6.45, 7) is 0. The highest BCUT2D eigenvalue weighted by Gasteiger charge is 2.14. The second-order valence-corrected chi connectivity index (χ2v) is 2.12.